The summed E-state index contributed by atoms with van der Waals surface area (Å²) in [6.45, 7) is 2.97. The zero-order valence-corrected chi connectivity index (χ0v) is 7.55. The minimum Gasteiger partial charge on any atom is -0.497 e. The van der Waals surface area contributed by atoms with E-state index in [0.717, 1.165) is 18.7 Å². The summed E-state index contributed by atoms with van der Waals surface area (Å²) in [6, 6.07) is 0. The van der Waals surface area contributed by atoms with Gasteiger partial charge in [0.1, 0.15) is 5.76 Å². The van der Waals surface area contributed by atoms with Crippen molar-refractivity contribution in [3.63, 3.8) is 0 Å². The van der Waals surface area contributed by atoms with Crippen LogP contribution in [0.15, 0.2) is 24.0 Å². The van der Waals surface area contributed by atoms with Crippen LogP contribution in [0.1, 0.15) is 13.3 Å². The highest BCUT2D eigenvalue weighted by Gasteiger charge is 1.84. The number of nitrogens with one attached hydrogen (secondary N) is 1. The molecule has 0 atom stereocenters. The topological polar surface area (TPSA) is 21.3 Å². The standard InChI is InChI=1S/C9H17NO/c1-4-6-9(11-3)7-5-8-10-2/h5-7,10H,4,8H2,1-3H3/b7-5-,9-6+. The van der Waals surface area contributed by atoms with Gasteiger partial charge in [-0.25, -0.2) is 0 Å². The van der Waals surface area contributed by atoms with E-state index in [4.69, 9.17) is 4.74 Å². The number of ether oxygens (including phenoxy) is 1. The van der Waals surface area contributed by atoms with E-state index < -0.39 is 0 Å². The van der Waals surface area contributed by atoms with Crippen molar-refractivity contribution in [2.75, 3.05) is 20.7 Å². The Kier molecular flexibility index (Phi) is 6.84. The maximum atomic E-state index is 5.08. The van der Waals surface area contributed by atoms with Crippen molar-refractivity contribution in [3.05, 3.63) is 24.0 Å². The Morgan fingerprint density at radius 3 is 2.73 bits per heavy atom. The highest BCUT2D eigenvalue weighted by Crippen LogP contribution is 1.98. The second-order valence-electron chi connectivity index (χ2n) is 2.18. The fourth-order valence-electron chi connectivity index (χ4n) is 0.714. The van der Waals surface area contributed by atoms with Crippen molar-refractivity contribution in [1.82, 2.24) is 5.32 Å². The van der Waals surface area contributed by atoms with E-state index in [1.165, 1.54) is 0 Å². The Hall–Kier alpha value is -0.760. The van der Waals surface area contributed by atoms with Crippen LogP contribution in [0.2, 0.25) is 0 Å². The van der Waals surface area contributed by atoms with Gasteiger partial charge in [0, 0.05) is 6.54 Å². The Bertz CT molecular complexity index is 138. The minimum absolute atomic E-state index is 0.879. The third-order valence-corrected chi connectivity index (χ3v) is 1.25. The molecule has 0 radical (unpaired) electrons. The molecule has 0 unspecified atom stereocenters. The largest absolute Gasteiger partial charge is 0.497 e. The molecule has 11 heavy (non-hydrogen) atoms. The summed E-state index contributed by atoms with van der Waals surface area (Å²) >= 11 is 0. The van der Waals surface area contributed by atoms with Gasteiger partial charge in [-0.3, -0.25) is 0 Å². The summed E-state index contributed by atoms with van der Waals surface area (Å²) in [6.07, 6.45) is 7.06. The first-order chi connectivity index (χ1) is 5.35. The molecule has 0 rings (SSSR count). The molecule has 0 aliphatic rings. The number of hydrogen-bond donors (Lipinski definition) is 1. The van der Waals surface area contributed by atoms with Crippen LogP contribution in [0.3, 0.4) is 0 Å². The minimum atomic E-state index is 0.879. The van der Waals surface area contributed by atoms with Crippen LogP contribution < -0.4 is 5.32 Å². The van der Waals surface area contributed by atoms with E-state index >= 15 is 0 Å². The third-order valence-electron chi connectivity index (χ3n) is 1.25. The molecule has 64 valence electrons. The Morgan fingerprint density at radius 2 is 2.27 bits per heavy atom. The molecule has 0 amide bonds. The summed E-state index contributed by atoms with van der Waals surface area (Å²) < 4.78 is 5.08. The van der Waals surface area contributed by atoms with Gasteiger partial charge in [0.2, 0.25) is 0 Å². The highest BCUT2D eigenvalue weighted by molar-refractivity contribution is 5.11. The maximum absolute atomic E-state index is 5.08. The molecule has 2 heteroatoms. The van der Waals surface area contributed by atoms with Crippen LogP contribution in [0, 0.1) is 0 Å². The van der Waals surface area contributed by atoms with Gasteiger partial charge in [-0.2, -0.15) is 0 Å². The quantitative estimate of drug-likeness (QED) is 0.482. The van der Waals surface area contributed by atoms with Crippen molar-refractivity contribution >= 4 is 0 Å². The second-order valence-corrected chi connectivity index (χ2v) is 2.18. The first-order valence-corrected chi connectivity index (χ1v) is 3.90. The first kappa shape index (κ1) is 10.2. The molecule has 0 spiro atoms. The van der Waals surface area contributed by atoms with Gasteiger partial charge in [0.15, 0.2) is 0 Å². The van der Waals surface area contributed by atoms with Gasteiger partial charge < -0.3 is 10.1 Å². The monoisotopic (exact) mass is 155 g/mol. The summed E-state index contributed by atoms with van der Waals surface area (Å²) in [4.78, 5) is 0. The molecule has 0 aliphatic heterocycles. The van der Waals surface area contributed by atoms with Crippen LogP contribution >= 0.6 is 0 Å². The third kappa shape index (κ3) is 5.67. The van der Waals surface area contributed by atoms with Crippen molar-refractivity contribution in [2.24, 2.45) is 0 Å². The van der Waals surface area contributed by atoms with Crippen molar-refractivity contribution in [1.29, 1.82) is 0 Å². The Balaban J connectivity index is 3.76. The maximum Gasteiger partial charge on any atom is 0.114 e. The lowest BCUT2D eigenvalue weighted by molar-refractivity contribution is 0.305. The predicted molar refractivity (Wildman–Crippen MR) is 48.4 cm³/mol. The highest BCUT2D eigenvalue weighted by atomic mass is 16.5. The van der Waals surface area contributed by atoms with Gasteiger partial charge in [-0.15, -0.1) is 0 Å². The first-order valence-electron chi connectivity index (χ1n) is 3.90. The van der Waals surface area contributed by atoms with Crippen LogP contribution in [0.5, 0.6) is 0 Å². The van der Waals surface area contributed by atoms with Crippen LogP contribution in [-0.2, 0) is 4.74 Å². The fourth-order valence-corrected chi connectivity index (χ4v) is 0.714. The number of likely N-dealkylation sites (N-methyl/N-ethyl adjacent to an activating group) is 1. The predicted octanol–water partition coefficient (Wildman–Crippen LogP) is 1.70. The molecule has 1 N–H and O–H groups in total. The lowest BCUT2D eigenvalue weighted by Gasteiger charge is -1.98. The number of hydrogen-bond acceptors (Lipinski definition) is 2. The van der Waals surface area contributed by atoms with Crippen molar-refractivity contribution < 1.29 is 4.74 Å². The molecular weight excluding hydrogens is 138 g/mol. The summed E-state index contributed by atoms with van der Waals surface area (Å²) in [5.74, 6) is 0.933. The second kappa shape index (κ2) is 7.35. The van der Waals surface area contributed by atoms with Crippen LogP contribution in [0.4, 0.5) is 0 Å². The molecule has 2 nitrogen and oxygen atoms in total. The molecule has 0 fully saturated rings. The van der Waals surface area contributed by atoms with Crippen molar-refractivity contribution in [3.8, 4) is 0 Å². The summed E-state index contributed by atoms with van der Waals surface area (Å²) in [7, 11) is 3.60. The molecule has 0 aromatic carbocycles. The lowest BCUT2D eigenvalue weighted by Crippen LogP contribution is -2.03. The van der Waals surface area contributed by atoms with E-state index in [1.54, 1.807) is 7.11 Å². The van der Waals surface area contributed by atoms with E-state index in [9.17, 15) is 0 Å². The average molecular weight is 155 g/mol. The smallest absolute Gasteiger partial charge is 0.114 e. The normalized spacial score (nSPS) is 12.5. The van der Waals surface area contributed by atoms with Gasteiger partial charge in [-0.1, -0.05) is 13.0 Å². The molecule has 0 aromatic rings. The van der Waals surface area contributed by atoms with Gasteiger partial charge in [0.05, 0.1) is 7.11 Å². The van der Waals surface area contributed by atoms with Crippen molar-refractivity contribution in [2.45, 2.75) is 13.3 Å². The molecule has 0 bridgehead atoms. The SMILES string of the molecule is CC/C=C(\C=C/CNC)OC. The average Bonchev–Trinajstić information content (AvgIpc) is 2.03. The summed E-state index contributed by atoms with van der Waals surface area (Å²) in [5, 5.41) is 3.02. The number of allylic oxidation sites excluding steroid dienone is 2. The van der Waals surface area contributed by atoms with E-state index in [-0.39, 0.29) is 0 Å². The molecule has 0 saturated carbocycles. The van der Waals surface area contributed by atoms with E-state index in [2.05, 4.69) is 12.2 Å². The summed E-state index contributed by atoms with van der Waals surface area (Å²) in [5.41, 5.74) is 0. The molecular formula is C9H17NO. The fraction of sp³-hybridized carbons (Fsp3) is 0.556. The zero-order valence-electron chi connectivity index (χ0n) is 7.55. The molecule has 0 aliphatic carbocycles. The molecule has 0 aromatic heterocycles. The van der Waals surface area contributed by atoms with E-state index in [0.29, 0.717) is 0 Å². The Labute approximate surface area is 68.9 Å². The Morgan fingerprint density at radius 1 is 1.55 bits per heavy atom. The van der Waals surface area contributed by atoms with Crippen LogP contribution in [-0.4, -0.2) is 20.7 Å². The van der Waals surface area contributed by atoms with E-state index in [1.807, 2.05) is 25.3 Å². The van der Waals surface area contributed by atoms with Gasteiger partial charge in [-0.05, 0) is 25.6 Å². The zero-order chi connectivity index (χ0) is 8.53. The van der Waals surface area contributed by atoms with Gasteiger partial charge in [0.25, 0.3) is 0 Å². The molecule has 0 saturated heterocycles. The molecule has 0 heterocycles. The number of methoxy groups -OCH3 is 1. The van der Waals surface area contributed by atoms with Crippen LogP contribution in [0.25, 0.3) is 0 Å². The lowest BCUT2D eigenvalue weighted by atomic mass is 10.3. The van der Waals surface area contributed by atoms with Gasteiger partial charge >= 0.3 is 0 Å². The number of rotatable bonds is 5.